The van der Waals surface area contributed by atoms with E-state index in [9.17, 15) is 4.79 Å². The summed E-state index contributed by atoms with van der Waals surface area (Å²) in [4.78, 5) is 17.7. The van der Waals surface area contributed by atoms with Crippen molar-refractivity contribution in [1.82, 2.24) is 4.98 Å². The molecule has 25 heavy (non-hydrogen) atoms. The van der Waals surface area contributed by atoms with Crippen LogP contribution in [0.2, 0.25) is 0 Å². The first kappa shape index (κ1) is 17.2. The van der Waals surface area contributed by atoms with Crippen LogP contribution in [0, 0.1) is 27.7 Å². The van der Waals surface area contributed by atoms with Crippen molar-refractivity contribution in [2.24, 2.45) is 0 Å². The van der Waals surface area contributed by atoms with Gasteiger partial charge in [0.25, 0.3) is 0 Å². The van der Waals surface area contributed by atoms with Gasteiger partial charge in [-0.3, -0.25) is 4.79 Å². The zero-order chi connectivity index (χ0) is 18.1. The number of carbonyl (C=O) groups is 1. The summed E-state index contributed by atoms with van der Waals surface area (Å²) >= 11 is 1.29. The summed E-state index contributed by atoms with van der Waals surface area (Å²) in [6.45, 7) is 8.02. The lowest BCUT2D eigenvalue weighted by molar-refractivity contribution is 0.104. The first-order valence-electron chi connectivity index (χ1n) is 8.08. The Bertz CT molecular complexity index is 960. The molecule has 0 radical (unpaired) electrons. The maximum absolute atomic E-state index is 12.9. The van der Waals surface area contributed by atoms with Crippen molar-refractivity contribution in [3.63, 3.8) is 0 Å². The molecule has 4 nitrogen and oxygen atoms in total. The van der Waals surface area contributed by atoms with Crippen molar-refractivity contribution < 1.29 is 4.79 Å². The molecular formula is C20H21N3OS. The van der Waals surface area contributed by atoms with Crippen LogP contribution in [-0.2, 0) is 0 Å². The lowest BCUT2D eigenvalue weighted by atomic mass is 9.97. The molecule has 0 amide bonds. The van der Waals surface area contributed by atoms with Crippen molar-refractivity contribution in [3.05, 3.63) is 69.1 Å². The molecule has 0 unspecified atom stereocenters. The van der Waals surface area contributed by atoms with Gasteiger partial charge in [-0.1, -0.05) is 35.6 Å². The number of thiazole rings is 1. The molecule has 0 bridgehead atoms. The van der Waals surface area contributed by atoms with Crippen LogP contribution in [0.1, 0.15) is 37.5 Å². The number of aromatic nitrogens is 1. The van der Waals surface area contributed by atoms with E-state index in [-0.39, 0.29) is 11.6 Å². The van der Waals surface area contributed by atoms with Crippen LogP contribution in [0.25, 0.3) is 0 Å². The van der Waals surface area contributed by atoms with Gasteiger partial charge in [0.05, 0.1) is 0 Å². The lowest BCUT2D eigenvalue weighted by Crippen LogP contribution is -2.05. The Balaban J connectivity index is 1.94. The largest absolute Gasteiger partial charge is 0.382 e. The molecule has 0 aliphatic carbocycles. The van der Waals surface area contributed by atoms with E-state index in [4.69, 9.17) is 5.73 Å². The van der Waals surface area contributed by atoms with Crippen LogP contribution >= 0.6 is 11.3 Å². The zero-order valence-electron chi connectivity index (χ0n) is 14.8. The summed E-state index contributed by atoms with van der Waals surface area (Å²) < 4.78 is 0. The highest BCUT2D eigenvalue weighted by molar-refractivity contribution is 7.18. The first-order valence-corrected chi connectivity index (χ1v) is 8.90. The number of nitrogens with one attached hydrogen (secondary N) is 1. The number of para-hydroxylation sites is 1. The van der Waals surface area contributed by atoms with Crippen molar-refractivity contribution in [3.8, 4) is 0 Å². The number of benzene rings is 2. The summed E-state index contributed by atoms with van der Waals surface area (Å²) in [7, 11) is 0. The molecule has 3 aromatic rings. The SMILES string of the molecule is Cc1cc(C)c(C(=O)c2sc(Nc3ccccc3C)nc2N)cc1C. The number of nitrogen functional groups attached to an aromatic ring is 1. The van der Waals surface area contributed by atoms with Crippen molar-refractivity contribution in [1.29, 1.82) is 0 Å². The van der Waals surface area contributed by atoms with E-state index in [1.807, 2.05) is 64.1 Å². The van der Waals surface area contributed by atoms with Crippen LogP contribution in [0.5, 0.6) is 0 Å². The van der Waals surface area contributed by atoms with Crippen molar-refractivity contribution in [2.75, 3.05) is 11.1 Å². The number of carbonyl (C=O) groups excluding carboxylic acids is 1. The van der Waals surface area contributed by atoms with Crippen LogP contribution in [0.4, 0.5) is 16.6 Å². The van der Waals surface area contributed by atoms with Crippen LogP contribution < -0.4 is 11.1 Å². The average Bonchev–Trinajstić information content (AvgIpc) is 2.93. The monoisotopic (exact) mass is 351 g/mol. The fourth-order valence-corrected chi connectivity index (χ4v) is 3.56. The number of ketones is 1. The smallest absolute Gasteiger partial charge is 0.207 e. The summed E-state index contributed by atoms with van der Waals surface area (Å²) in [5.41, 5.74) is 12.0. The number of nitrogens with two attached hydrogens (primary N) is 1. The maximum atomic E-state index is 12.9. The van der Waals surface area contributed by atoms with E-state index in [1.165, 1.54) is 16.9 Å². The summed E-state index contributed by atoms with van der Waals surface area (Å²) in [6, 6.07) is 11.9. The molecular weight excluding hydrogens is 330 g/mol. The summed E-state index contributed by atoms with van der Waals surface area (Å²) in [6.07, 6.45) is 0. The van der Waals surface area contributed by atoms with Gasteiger partial charge in [0.1, 0.15) is 10.7 Å². The van der Waals surface area contributed by atoms with Crippen LogP contribution in [-0.4, -0.2) is 10.8 Å². The van der Waals surface area contributed by atoms with Crippen LogP contribution in [0.3, 0.4) is 0 Å². The van der Waals surface area contributed by atoms with Crippen molar-refractivity contribution >= 4 is 33.8 Å². The Morgan fingerprint density at radius 2 is 1.68 bits per heavy atom. The summed E-state index contributed by atoms with van der Waals surface area (Å²) in [5, 5.41) is 3.87. The second kappa shape index (κ2) is 6.69. The van der Waals surface area contributed by atoms with Gasteiger partial charge in [-0.05, 0) is 62.1 Å². The molecule has 0 saturated heterocycles. The summed E-state index contributed by atoms with van der Waals surface area (Å²) in [5.74, 6) is 0.192. The minimum atomic E-state index is -0.0755. The number of nitrogens with zero attached hydrogens (tertiary/aromatic N) is 1. The van der Waals surface area contributed by atoms with Gasteiger partial charge < -0.3 is 11.1 Å². The minimum Gasteiger partial charge on any atom is -0.382 e. The highest BCUT2D eigenvalue weighted by Crippen LogP contribution is 2.31. The molecule has 0 saturated carbocycles. The second-order valence-electron chi connectivity index (χ2n) is 6.25. The highest BCUT2D eigenvalue weighted by atomic mass is 32.1. The fraction of sp³-hybridized carbons (Fsp3) is 0.200. The van der Waals surface area contributed by atoms with E-state index in [0.717, 1.165) is 22.4 Å². The maximum Gasteiger partial charge on any atom is 0.207 e. The van der Waals surface area contributed by atoms with E-state index >= 15 is 0 Å². The third-order valence-corrected chi connectivity index (χ3v) is 5.32. The topological polar surface area (TPSA) is 68.0 Å². The Morgan fingerprint density at radius 1 is 1.00 bits per heavy atom. The predicted molar refractivity (Wildman–Crippen MR) is 105 cm³/mol. The van der Waals surface area contributed by atoms with Gasteiger partial charge in [0.2, 0.25) is 5.78 Å². The number of hydrogen-bond donors (Lipinski definition) is 2. The molecule has 1 aromatic heterocycles. The molecule has 0 fully saturated rings. The molecule has 0 atom stereocenters. The Hall–Kier alpha value is -2.66. The third kappa shape index (κ3) is 3.42. The van der Waals surface area contributed by atoms with E-state index in [2.05, 4.69) is 10.3 Å². The van der Waals surface area contributed by atoms with Crippen LogP contribution in [0.15, 0.2) is 36.4 Å². The molecule has 128 valence electrons. The van der Waals surface area contributed by atoms with Gasteiger partial charge in [-0.2, -0.15) is 0 Å². The molecule has 1 heterocycles. The average molecular weight is 351 g/mol. The zero-order valence-corrected chi connectivity index (χ0v) is 15.6. The Kier molecular flexibility index (Phi) is 4.59. The van der Waals surface area contributed by atoms with Crippen molar-refractivity contribution in [2.45, 2.75) is 27.7 Å². The molecule has 3 rings (SSSR count). The number of aryl methyl sites for hydroxylation is 4. The molecule has 2 aromatic carbocycles. The predicted octanol–water partition coefficient (Wildman–Crippen LogP) is 4.93. The first-order chi connectivity index (χ1) is 11.9. The standard InChI is InChI=1S/C20H21N3OS/c1-11-7-5-6-8-16(11)22-20-23-19(21)18(25-20)17(24)15-10-13(3)12(2)9-14(15)4/h5-10H,21H2,1-4H3,(H,22,23). The number of hydrogen-bond acceptors (Lipinski definition) is 5. The van der Waals surface area contributed by atoms with Gasteiger partial charge >= 0.3 is 0 Å². The quantitative estimate of drug-likeness (QED) is 0.654. The van der Waals surface area contributed by atoms with Gasteiger partial charge in [0.15, 0.2) is 5.13 Å². The minimum absolute atomic E-state index is 0.0755. The number of rotatable bonds is 4. The second-order valence-corrected chi connectivity index (χ2v) is 7.25. The molecule has 0 spiro atoms. The van der Waals surface area contributed by atoms with Gasteiger partial charge in [-0.15, -0.1) is 0 Å². The highest BCUT2D eigenvalue weighted by Gasteiger charge is 2.20. The molecule has 0 aliphatic heterocycles. The fourth-order valence-electron chi connectivity index (χ4n) is 2.70. The lowest BCUT2D eigenvalue weighted by Gasteiger charge is -2.08. The normalized spacial score (nSPS) is 10.7. The molecule has 5 heteroatoms. The van der Waals surface area contributed by atoms with Gasteiger partial charge in [-0.25, -0.2) is 4.98 Å². The van der Waals surface area contributed by atoms with Gasteiger partial charge in [0, 0.05) is 11.3 Å². The van der Waals surface area contributed by atoms with E-state index in [0.29, 0.717) is 15.6 Å². The Labute approximate surface area is 151 Å². The number of anilines is 3. The van der Waals surface area contributed by atoms with E-state index in [1.54, 1.807) is 0 Å². The third-order valence-electron chi connectivity index (χ3n) is 4.33. The Morgan fingerprint density at radius 3 is 2.40 bits per heavy atom. The molecule has 0 aliphatic rings. The van der Waals surface area contributed by atoms with E-state index < -0.39 is 0 Å². The molecule has 3 N–H and O–H groups in total.